The largest absolute Gasteiger partial charge is 0.394 e. The Bertz CT molecular complexity index is 390. The van der Waals surface area contributed by atoms with Crippen LogP contribution in [0.4, 0.5) is 0 Å². The number of hydrogen-bond acceptors (Lipinski definition) is 5. The molecule has 0 amide bonds. The van der Waals surface area contributed by atoms with Crippen LogP contribution in [0, 0.1) is 5.92 Å². The van der Waals surface area contributed by atoms with E-state index in [0.717, 1.165) is 36.6 Å². The molecule has 2 unspecified atom stereocenters. The Hall–Kier alpha value is -0.650. The molecular weight excluding hydrogens is 270 g/mol. The summed E-state index contributed by atoms with van der Waals surface area (Å²) in [6, 6.07) is 0. The summed E-state index contributed by atoms with van der Waals surface area (Å²) in [6.07, 6.45) is 11.0. The Kier molecular flexibility index (Phi) is 6.26. The van der Waals surface area contributed by atoms with Gasteiger partial charge in [-0.15, -0.1) is 11.8 Å². The highest BCUT2D eigenvalue weighted by atomic mass is 32.2. The predicted molar refractivity (Wildman–Crippen MR) is 82.8 cm³/mol. The second kappa shape index (κ2) is 7.96. The molecule has 112 valence electrons. The third kappa shape index (κ3) is 3.93. The zero-order chi connectivity index (χ0) is 14.3. The standard InChI is InChI=1S/C15H25N3OS/c1-2-7-18-15(12-19)6-3-4-13(15)5-10-20-14-11-16-8-9-17-14/h8-9,11,13,18-19H,2-7,10,12H2,1H3. The van der Waals surface area contributed by atoms with Crippen LogP contribution in [0.3, 0.4) is 0 Å². The van der Waals surface area contributed by atoms with Crippen molar-refractivity contribution in [3.63, 3.8) is 0 Å². The molecular formula is C15H25N3OS. The zero-order valence-electron chi connectivity index (χ0n) is 12.2. The molecule has 0 bridgehead atoms. The molecule has 5 heteroatoms. The van der Waals surface area contributed by atoms with E-state index in [2.05, 4.69) is 22.2 Å². The van der Waals surface area contributed by atoms with Gasteiger partial charge in [-0.2, -0.15) is 0 Å². The fourth-order valence-electron chi connectivity index (χ4n) is 3.10. The van der Waals surface area contributed by atoms with Crippen molar-refractivity contribution in [2.45, 2.75) is 49.6 Å². The van der Waals surface area contributed by atoms with Gasteiger partial charge in [0.15, 0.2) is 0 Å². The summed E-state index contributed by atoms with van der Waals surface area (Å²) in [7, 11) is 0. The van der Waals surface area contributed by atoms with Gasteiger partial charge in [0.1, 0.15) is 5.03 Å². The van der Waals surface area contributed by atoms with Gasteiger partial charge in [0.05, 0.1) is 12.8 Å². The number of nitrogens with zero attached hydrogens (tertiary/aromatic N) is 2. The van der Waals surface area contributed by atoms with E-state index in [1.165, 1.54) is 12.8 Å². The number of thioether (sulfide) groups is 1. The number of aliphatic hydroxyl groups is 1. The average Bonchev–Trinajstić information content (AvgIpc) is 2.90. The van der Waals surface area contributed by atoms with E-state index in [-0.39, 0.29) is 12.1 Å². The van der Waals surface area contributed by atoms with Crippen LogP contribution < -0.4 is 5.32 Å². The highest BCUT2D eigenvalue weighted by Crippen LogP contribution is 2.38. The third-order valence-corrected chi connectivity index (χ3v) is 5.17. The fourth-order valence-corrected chi connectivity index (χ4v) is 3.98. The quantitative estimate of drug-likeness (QED) is 0.722. The van der Waals surface area contributed by atoms with Crippen LogP contribution in [0.2, 0.25) is 0 Å². The van der Waals surface area contributed by atoms with Crippen molar-refractivity contribution in [1.82, 2.24) is 15.3 Å². The maximum Gasteiger partial charge on any atom is 0.114 e. The molecule has 0 radical (unpaired) electrons. The van der Waals surface area contributed by atoms with Crippen molar-refractivity contribution in [2.75, 3.05) is 18.9 Å². The molecule has 2 rings (SSSR count). The van der Waals surface area contributed by atoms with Crippen LogP contribution in [0.5, 0.6) is 0 Å². The molecule has 20 heavy (non-hydrogen) atoms. The van der Waals surface area contributed by atoms with E-state index in [1.807, 2.05) is 6.20 Å². The van der Waals surface area contributed by atoms with Crippen molar-refractivity contribution < 1.29 is 5.11 Å². The van der Waals surface area contributed by atoms with Crippen LogP contribution in [0.25, 0.3) is 0 Å². The molecule has 2 N–H and O–H groups in total. The Balaban J connectivity index is 1.84. The lowest BCUT2D eigenvalue weighted by Crippen LogP contribution is -2.51. The maximum atomic E-state index is 9.84. The van der Waals surface area contributed by atoms with E-state index >= 15 is 0 Å². The Morgan fingerprint density at radius 2 is 2.40 bits per heavy atom. The van der Waals surface area contributed by atoms with E-state index in [0.29, 0.717) is 5.92 Å². The first-order chi connectivity index (χ1) is 9.80. The van der Waals surface area contributed by atoms with Gasteiger partial charge in [0.25, 0.3) is 0 Å². The Labute approximate surface area is 125 Å². The summed E-state index contributed by atoms with van der Waals surface area (Å²) in [5.74, 6) is 1.61. The fraction of sp³-hybridized carbons (Fsp3) is 0.733. The van der Waals surface area contributed by atoms with Crippen LogP contribution >= 0.6 is 11.8 Å². The molecule has 0 aliphatic heterocycles. The van der Waals surface area contributed by atoms with E-state index in [1.54, 1.807) is 24.2 Å². The van der Waals surface area contributed by atoms with Gasteiger partial charge >= 0.3 is 0 Å². The molecule has 1 fully saturated rings. The van der Waals surface area contributed by atoms with Crippen molar-refractivity contribution in [3.05, 3.63) is 18.6 Å². The first-order valence-corrected chi connectivity index (χ1v) is 8.54. The minimum atomic E-state index is -0.0427. The average molecular weight is 295 g/mol. The predicted octanol–water partition coefficient (Wildman–Crippen LogP) is 2.49. The number of hydrogen-bond donors (Lipinski definition) is 2. The molecule has 0 saturated heterocycles. The van der Waals surface area contributed by atoms with Crippen LogP contribution in [-0.2, 0) is 0 Å². The molecule has 1 aliphatic rings. The molecule has 4 nitrogen and oxygen atoms in total. The van der Waals surface area contributed by atoms with Crippen molar-refractivity contribution in [1.29, 1.82) is 0 Å². The number of nitrogens with one attached hydrogen (secondary N) is 1. The molecule has 0 spiro atoms. The van der Waals surface area contributed by atoms with Gasteiger partial charge in [-0.25, -0.2) is 4.98 Å². The Morgan fingerprint density at radius 1 is 1.50 bits per heavy atom. The number of rotatable bonds is 8. The molecule has 1 aromatic heterocycles. The van der Waals surface area contributed by atoms with Crippen LogP contribution in [-0.4, -0.2) is 39.5 Å². The molecule has 1 heterocycles. The molecule has 1 aliphatic carbocycles. The van der Waals surface area contributed by atoms with Crippen molar-refractivity contribution in [2.24, 2.45) is 5.92 Å². The third-order valence-electron chi connectivity index (χ3n) is 4.22. The summed E-state index contributed by atoms with van der Waals surface area (Å²) in [5.41, 5.74) is -0.0427. The summed E-state index contributed by atoms with van der Waals surface area (Å²) in [4.78, 5) is 8.37. The van der Waals surface area contributed by atoms with Gasteiger partial charge in [0.2, 0.25) is 0 Å². The number of aromatic nitrogens is 2. The van der Waals surface area contributed by atoms with Crippen LogP contribution in [0.15, 0.2) is 23.6 Å². The SMILES string of the molecule is CCCNC1(CO)CCCC1CCSc1cnccn1. The zero-order valence-corrected chi connectivity index (χ0v) is 13.0. The monoisotopic (exact) mass is 295 g/mol. The summed E-state index contributed by atoms with van der Waals surface area (Å²) in [5, 5.41) is 14.4. The number of aliphatic hydroxyl groups excluding tert-OH is 1. The normalized spacial score (nSPS) is 26.0. The van der Waals surface area contributed by atoms with Crippen LogP contribution in [0.1, 0.15) is 39.0 Å². The molecule has 2 atom stereocenters. The second-order valence-electron chi connectivity index (χ2n) is 5.51. The minimum Gasteiger partial charge on any atom is -0.394 e. The summed E-state index contributed by atoms with van der Waals surface area (Å²) >= 11 is 1.76. The second-order valence-corrected chi connectivity index (χ2v) is 6.63. The molecule has 1 saturated carbocycles. The summed E-state index contributed by atoms with van der Waals surface area (Å²) in [6.45, 7) is 3.42. The minimum absolute atomic E-state index is 0.0427. The van der Waals surface area contributed by atoms with Crippen molar-refractivity contribution in [3.8, 4) is 0 Å². The molecule has 0 aromatic carbocycles. The first kappa shape index (κ1) is 15.7. The smallest absolute Gasteiger partial charge is 0.114 e. The first-order valence-electron chi connectivity index (χ1n) is 7.55. The lowest BCUT2D eigenvalue weighted by Gasteiger charge is -2.35. The highest BCUT2D eigenvalue weighted by molar-refractivity contribution is 7.99. The maximum absolute atomic E-state index is 9.84. The van der Waals surface area contributed by atoms with Gasteiger partial charge in [0, 0.05) is 17.9 Å². The topological polar surface area (TPSA) is 58.0 Å². The van der Waals surface area contributed by atoms with Gasteiger partial charge in [-0.3, -0.25) is 4.98 Å². The van der Waals surface area contributed by atoms with Gasteiger partial charge in [-0.05, 0) is 43.9 Å². The van der Waals surface area contributed by atoms with E-state index < -0.39 is 0 Å². The van der Waals surface area contributed by atoms with Gasteiger partial charge in [-0.1, -0.05) is 13.3 Å². The van der Waals surface area contributed by atoms with E-state index in [9.17, 15) is 5.11 Å². The molecule has 1 aromatic rings. The van der Waals surface area contributed by atoms with E-state index in [4.69, 9.17) is 0 Å². The lowest BCUT2D eigenvalue weighted by molar-refractivity contribution is 0.122. The summed E-state index contributed by atoms with van der Waals surface area (Å²) < 4.78 is 0. The highest BCUT2D eigenvalue weighted by Gasteiger charge is 2.41. The van der Waals surface area contributed by atoms with Gasteiger partial charge < -0.3 is 10.4 Å². The van der Waals surface area contributed by atoms with Crippen molar-refractivity contribution >= 4 is 11.8 Å². The lowest BCUT2D eigenvalue weighted by atomic mass is 9.85. The Morgan fingerprint density at radius 3 is 3.10 bits per heavy atom.